The molecule has 2 atom stereocenters. The van der Waals surface area contributed by atoms with Crippen LogP contribution in [0.4, 0.5) is 0 Å². The largest absolute Gasteiger partial charge is 0.358 e. The molecule has 0 bridgehead atoms. The van der Waals surface area contributed by atoms with Crippen LogP contribution in [-0.2, 0) is 4.79 Å². The van der Waals surface area contributed by atoms with Crippen LogP contribution in [0.1, 0.15) is 39.5 Å². The lowest BCUT2D eigenvalue weighted by Crippen LogP contribution is -2.46. The first-order chi connectivity index (χ1) is 6.65. The fraction of sp³-hybridized carbons (Fsp3) is 0.909. The maximum atomic E-state index is 11.3. The van der Waals surface area contributed by atoms with E-state index < -0.39 is 0 Å². The van der Waals surface area contributed by atoms with Crippen molar-refractivity contribution in [2.75, 3.05) is 7.05 Å². The molecule has 0 heterocycles. The number of carbonyl (C=O) groups excluding carboxylic acids is 1. The number of likely N-dealkylation sites (N-methyl/N-ethyl adjacent to an activating group) is 1. The van der Waals surface area contributed by atoms with Crippen molar-refractivity contribution in [3.63, 3.8) is 0 Å². The third-order valence-electron chi connectivity index (χ3n) is 3.26. The predicted molar refractivity (Wildman–Crippen MR) is 58.1 cm³/mol. The van der Waals surface area contributed by atoms with Gasteiger partial charge in [-0.25, -0.2) is 0 Å². The number of hydrogen-bond donors (Lipinski definition) is 2. The van der Waals surface area contributed by atoms with Crippen LogP contribution >= 0.6 is 0 Å². The van der Waals surface area contributed by atoms with Gasteiger partial charge in [0, 0.05) is 13.1 Å². The molecule has 3 heteroatoms. The first kappa shape index (κ1) is 11.5. The zero-order valence-electron chi connectivity index (χ0n) is 9.47. The van der Waals surface area contributed by atoms with Crippen molar-refractivity contribution in [2.45, 2.75) is 51.6 Å². The van der Waals surface area contributed by atoms with Crippen molar-refractivity contribution in [3.8, 4) is 0 Å². The molecule has 0 radical (unpaired) electrons. The van der Waals surface area contributed by atoms with Gasteiger partial charge in [0.25, 0.3) is 0 Å². The lowest BCUT2D eigenvalue weighted by molar-refractivity contribution is -0.122. The lowest BCUT2D eigenvalue weighted by Gasteiger charge is -2.23. The average molecular weight is 198 g/mol. The number of amides is 1. The normalized spacial score (nSPS) is 21.9. The highest BCUT2D eigenvalue weighted by Crippen LogP contribution is 2.27. The van der Waals surface area contributed by atoms with Crippen molar-refractivity contribution in [1.82, 2.24) is 10.6 Å². The zero-order chi connectivity index (χ0) is 10.6. The second-order valence-corrected chi connectivity index (χ2v) is 4.34. The van der Waals surface area contributed by atoms with Crippen LogP contribution in [0.25, 0.3) is 0 Å². The minimum Gasteiger partial charge on any atom is -0.358 e. The quantitative estimate of drug-likeness (QED) is 0.714. The minimum atomic E-state index is -0.0735. The molecule has 1 fully saturated rings. The van der Waals surface area contributed by atoms with Crippen LogP contribution in [0, 0.1) is 5.92 Å². The Hall–Kier alpha value is -0.570. The van der Waals surface area contributed by atoms with Crippen molar-refractivity contribution < 1.29 is 4.79 Å². The molecule has 82 valence electrons. The molecule has 3 nitrogen and oxygen atoms in total. The third kappa shape index (κ3) is 2.98. The van der Waals surface area contributed by atoms with Crippen LogP contribution in [0.15, 0.2) is 0 Å². The lowest BCUT2D eigenvalue weighted by atomic mass is 9.99. The zero-order valence-corrected chi connectivity index (χ0v) is 9.47. The SMILES string of the molecule is CNC(=O)[C@@H](C)NC(C)C1CCCC1. The van der Waals surface area contributed by atoms with E-state index in [0.717, 1.165) is 5.92 Å². The molecule has 1 aliphatic carbocycles. The van der Waals surface area contributed by atoms with Crippen molar-refractivity contribution in [1.29, 1.82) is 0 Å². The summed E-state index contributed by atoms with van der Waals surface area (Å²) in [5.74, 6) is 0.844. The molecule has 0 aliphatic heterocycles. The Morgan fingerprint density at radius 3 is 2.36 bits per heavy atom. The van der Waals surface area contributed by atoms with Crippen LogP contribution < -0.4 is 10.6 Å². The summed E-state index contributed by atoms with van der Waals surface area (Å²) in [6.45, 7) is 4.11. The van der Waals surface area contributed by atoms with E-state index in [1.165, 1.54) is 25.7 Å². The van der Waals surface area contributed by atoms with Crippen molar-refractivity contribution >= 4 is 5.91 Å². The standard InChI is InChI=1S/C11H22N2O/c1-8(10-6-4-5-7-10)13-9(2)11(14)12-3/h8-10,13H,4-7H2,1-3H3,(H,12,14)/t8?,9-/m1/s1. The summed E-state index contributed by atoms with van der Waals surface area (Å²) >= 11 is 0. The molecule has 0 saturated heterocycles. The van der Waals surface area contributed by atoms with Gasteiger partial charge in [0.05, 0.1) is 6.04 Å². The summed E-state index contributed by atoms with van der Waals surface area (Å²) in [5.41, 5.74) is 0. The molecule has 14 heavy (non-hydrogen) atoms. The van der Waals surface area contributed by atoms with E-state index in [2.05, 4.69) is 17.6 Å². The molecular formula is C11H22N2O. The second-order valence-electron chi connectivity index (χ2n) is 4.34. The summed E-state index contributed by atoms with van der Waals surface area (Å²) in [6, 6.07) is 0.389. The van der Waals surface area contributed by atoms with E-state index in [9.17, 15) is 4.79 Å². The van der Waals surface area contributed by atoms with Crippen LogP contribution in [0.5, 0.6) is 0 Å². The molecule has 1 aliphatic rings. The van der Waals surface area contributed by atoms with Gasteiger partial charge in [0.2, 0.25) is 5.91 Å². The van der Waals surface area contributed by atoms with E-state index in [-0.39, 0.29) is 11.9 Å². The van der Waals surface area contributed by atoms with Gasteiger partial charge in [-0.15, -0.1) is 0 Å². The highest BCUT2D eigenvalue weighted by Gasteiger charge is 2.23. The second kappa shape index (κ2) is 5.35. The van der Waals surface area contributed by atoms with Gasteiger partial charge in [-0.2, -0.15) is 0 Å². The molecule has 1 amide bonds. The monoisotopic (exact) mass is 198 g/mol. The van der Waals surface area contributed by atoms with Gasteiger partial charge in [-0.1, -0.05) is 12.8 Å². The average Bonchev–Trinajstić information content (AvgIpc) is 2.69. The molecule has 0 spiro atoms. The Kier molecular flexibility index (Phi) is 4.39. The van der Waals surface area contributed by atoms with Crippen LogP contribution in [-0.4, -0.2) is 25.0 Å². The number of nitrogens with one attached hydrogen (secondary N) is 2. The van der Waals surface area contributed by atoms with Gasteiger partial charge in [-0.05, 0) is 32.6 Å². The Morgan fingerprint density at radius 1 is 1.29 bits per heavy atom. The Morgan fingerprint density at radius 2 is 1.86 bits per heavy atom. The number of hydrogen-bond acceptors (Lipinski definition) is 2. The van der Waals surface area contributed by atoms with Crippen LogP contribution in [0.3, 0.4) is 0 Å². The van der Waals surface area contributed by atoms with Gasteiger partial charge in [-0.3, -0.25) is 4.79 Å². The van der Waals surface area contributed by atoms with Gasteiger partial charge < -0.3 is 10.6 Å². The number of rotatable bonds is 4. The maximum Gasteiger partial charge on any atom is 0.236 e. The van der Waals surface area contributed by atoms with E-state index in [4.69, 9.17) is 0 Å². The fourth-order valence-corrected chi connectivity index (χ4v) is 2.28. The molecule has 1 saturated carbocycles. The summed E-state index contributed by atoms with van der Waals surface area (Å²) in [4.78, 5) is 11.3. The molecule has 2 N–H and O–H groups in total. The highest BCUT2D eigenvalue weighted by atomic mass is 16.2. The minimum absolute atomic E-state index is 0.0735. The summed E-state index contributed by atoms with van der Waals surface area (Å²) in [7, 11) is 1.68. The first-order valence-electron chi connectivity index (χ1n) is 5.62. The Bertz CT molecular complexity index is 188. The molecular weight excluding hydrogens is 176 g/mol. The Balaban J connectivity index is 2.31. The van der Waals surface area contributed by atoms with Gasteiger partial charge in [0.15, 0.2) is 0 Å². The van der Waals surface area contributed by atoms with E-state index in [1.807, 2.05) is 6.92 Å². The molecule has 0 aromatic carbocycles. The summed E-state index contributed by atoms with van der Waals surface area (Å²) in [5, 5.41) is 6.02. The maximum absolute atomic E-state index is 11.3. The van der Waals surface area contributed by atoms with Crippen molar-refractivity contribution in [3.05, 3.63) is 0 Å². The molecule has 1 rings (SSSR count). The van der Waals surface area contributed by atoms with Gasteiger partial charge in [0.1, 0.15) is 0 Å². The van der Waals surface area contributed by atoms with Crippen molar-refractivity contribution in [2.24, 2.45) is 5.92 Å². The topological polar surface area (TPSA) is 41.1 Å². The highest BCUT2D eigenvalue weighted by molar-refractivity contribution is 5.80. The third-order valence-corrected chi connectivity index (χ3v) is 3.26. The van der Waals surface area contributed by atoms with E-state index in [1.54, 1.807) is 7.05 Å². The Labute approximate surface area is 86.6 Å². The smallest absolute Gasteiger partial charge is 0.236 e. The summed E-state index contributed by atoms with van der Waals surface area (Å²) < 4.78 is 0. The predicted octanol–water partition coefficient (Wildman–Crippen LogP) is 1.29. The van der Waals surface area contributed by atoms with E-state index >= 15 is 0 Å². The molecule has 1 unspecified atom stereocenters. The van der Waals surface area contributed by atoms with E-state index in [0.29, 0.717) is 6.04 Å². The summed E-state index contributed by atoms with van der Waals surface area (Å²) in [6.07, 6.45) is 5.33. The van der Waals surface area contributed by atoms with Crippen LogP contribution in [0.2, 0.25) is 0 Å². The number of carbonyl (C=O) groups is 1. The fourth-order valence-electron chi connectivity index (χ4n) is 2.28. The first-order valence-corrected chi connectivity index (χ1v) is 5.62. The molecule has 0 aromatic heterocycles. The van der Waals surface area contributed by atoms with Gasteiger partial charge >= 0.3 is 0 Å². The molecule has 0 aromatic rings.